The summed E-state index contributed by atoms with van der Waals surface area (Å²) in [6.45, 7) is 2.00. The molecule has 0 aliphatic carbocycles. The Hall–Kier alpha value is -3.44. The van der Waals surface area contributed by atoms with E-state index in [1.807, 2.05) is 67.7 Å². The van der Waals surface area contributed by atoms with Crippen molar-refractivity contribution in [2.75, 3.05) is 0 Å². The van der Waals surface area contributed by atoms with Crippen molar-refractivity contribution in [1.82, 2.24) is 19.9 Å². The molecule has 5 rings (SSSR count). The van der Waals surface area contributed by atoms with Crippen molar-refractivity contribution in [3.63, 3.8) is 0 Å². The minimum Gasteiger partial charge on any atom is -0.469 e. The van der Waals surface area contributed by atoms with E-state index in [0.717, 1.165) is 38.8 Å². The van der Waals surface area contributed by atoms with E-state index in [9.17, 15) is 0 Å². The lowest BCUT2D eigenvalue weighted by Crippen LogP contribution is -2.08. The number of para-hydroxylation sites is 1. The normalized spacial score (nSPS) is 12.3. The average molecular weight is 401 g/mol. The van der Waals surface area contributed by atoms with E-state index in [4.69, 9.17) is 21.3 Å². The summed E-state index contributed by atoms with van der Waals surface area (Å²) in [6, 6.07) is 19.9. The molecule has 0 aliphatic heterocycles. The molecule has 0 saturated heterocycles. The summed E-state index contributed by atoms with van der Waals surface area (Å²) in [5, 5.41) is 2.44. The van der Waals surface area contributed by atoms with Crippen LogP contribution in [0.5, 0.6) is 5.88 Å². The Bertz CT molecular complexity index is 1320. The minimum atomic E-state index is -0.283. The van der Waals surface area contributed by atoms with E-state index < -0.39 is 0 Å². The van der Waals surface area contributed by atoms with Gasteiger partial charge in [0.05, 0.1) is 21.6 Å². The largest absolute Gasteiger partial charge is 0.469 e. The average Bonchev–Trinajstić information content (AvgIpc) is 3.24. The second kappa shape index (κ2) is 7.18. The third-order valence-corrected chi connectivity index (χ3v) is 5.22. The van der Waals surface area contributed by atoms with Crippen LogP contribution in [-0.4, -0.2) is 19.9 Å². The molecule has 3 aromatic heterocycles. The third-order valence-electron chi connectivity index (χ3n) is 4.92. The second-order valence-electron chi connectivity index (χ2n) is 6.78. The highest BCUT2D eigenvalue weighted by atomic mass is 35.5. The molecule has 1 N–H and O–H groups in total. The van der Waals surface area contributed by atoms with Crippen LogP contribution in [0.1, 0.15) is 18.6 Å². The van der Waals surface area contributed by atoms with Crippen LogP contribution in [0, 0.1) is 0 Å². The summed E-state index contributed by atoms with van der Waals surface area (Å²) in [6.07, 6.45) is 3.04. The molecule has 142 valence electrons. The Balaban J connectivity index is 1.65. The lowest BCUT2D eigenvalue weighted by Gasteiger charge is -2.19. The molecule has 0 saturated carbocycles. The number of pyridine rings is 1. The highest BCUT2D eigenvalue weighted by Gasteiger charge is 2.19. The lowest BCUT2D eigenvalue weighted by molar-refractivity contribution is 0.221. The number of fused-ring (bicyclic) bond motifs is 2. The fourth-order valence-corrected chi connectivity index (χ4v) is 3.71. The molecule has 0 fully saturated rings. The molecule has 0 spiro atoms. The van der Waals surface area contributed by atoms with Gasteiger partial charge in [0.25, 0.3) is 0 Å². The standard InChI is InChI=1S/C23H17ClN4O/c1-14(29-23-17-10-11-25-22(17)26-13-27-23)18-12-16-8-5-9-19(24)21(16)28-20(18)15-6-3-2-4-7-15/h2-14H,1H3,(H,25,26,27)/t14-/m0/s1. The van der Waals surface area contributed by atoms with E-state index in [-0.39, 0.29) is 6.10 Å². The summed E-state index contributed by atoms with van der Waals surface area (Å²) >= 11 is 6.42. The summed E-state index contributed by atoms with van der Waals surface area (Å²) in [5.74, 6) is 0.536. The van der Waals surface area contributed by atoms with Crippen molar-refractivity contribution in [3.05, 3.63) is 83.8 Å². The van der Waals surface area contributed by atoms with Crippen molar-refractivity contribution in [3.8, 4) is 17.1 Å². The van der Waals surface area contributed by atoms with Crippen LogP contribution < -0.4 is 4.74 Å². The highest BCUT2D eigenvalue weighted by Crippen LogP contribution is 2.34. The van der Waals surface area contributed by atoms with Gasteiger partial charge in [-0.1, -0.05) is 54.1 Å². The maximum atomic E-state index is 6.42. The number of benzene rings is 2. The van der Waals surface area contributed by atoms with E-state index in [2.05, 4.69) is 21.0 Å². The number of ether oxygens (including phenoxy) is 1. The van der Waals surface area contributed by atoms with Gasteiger partial charge in [-0.25, -0.2) is 15.0 Å². The molecule has 1 atom stereocenters. The van der Waals surface area contributed by atoms with Crippen LogP contribution in [0.2, 0.25) is 5.02 Å². The van der Waals surface area contributed by atoms with Crippen LogP contribution in [0.15, 0.2) is 73.2 Å². The van der Waals surface area contributed by atoms with Crippen LogP contribution >= 0.6 is 11.6 Å². The molecule has 3 heterocycles. The number of nitrogens with zero attached hydrogens (tertiary/aromatic N) is 3. The number of halogens is 1. The van der Waals surface area contributed by atoms with Crippen LogP contribution in [0.25, 0.3) is 33.2 Å². The zero-order valence-corrected chi connectivity index (χ0v) is 16.4. The summed E-state index contributed by atoms with van der Waals surface area (Å²) in [4.78, 5) is 16.5. The number of hydrogen-bond acceptors (Lipinski definition) is 4. The smallest absolute Gasteiger partial charge is 0.226 e. The monoisotopic (exact) mass is 400 g/mol. The molecule has 0 aliphatic rings. The van der Waals surface area contributed by atoms with Gasteiger partial charge in [-0.3, -0.25) is 0 Å². The number of H-pyrrole nitrogens is 1. The minimum absolute atomic E-state index is 0.283. The first-order chi connectivity index (χ1) is 14.2. The summed E-state index contributed by atoms with van der Waals surface area (Å²) in [7, 11) is 0. The molecule has 0 unspecified atom stereocenters. The van der Waals surface area contributed by atoms with Crippen molar-refractivity contribution >= 4 is 33.5 Å². The van der Waals surface area contributed by atoms with Crippen molar-refractivity contribution < 1.29 is 4.74 Å². The topological polar surface area (TPSA) is 63.7 Å². The van der Waals surface area contributed by atoms with E-state index in [0.29, 0.717) is 10.9 Å². The molecule has 2 aromatic carbocycles. The van der Waals surface area contributed by atoms with Crippen LogP contribution in [0.3, 0.4) is 0 Å². The van der Waals surface area contributed by atoms with Gasteiger partial charge < -0.3 is 9.72 Å². The van der Waals surface area contributed by atoms with Crippen molar-refractivity contribution in [2.24, 2.45) is 0 Å². The molecular weight excluding hydrogens is 384 g/mol. The molecule has 0 bridgehead atoms. The number of hydrogen-bond donors (Lipinski definition) is 1. The Morgan fingerprint density at radius 2 is 1.86 bits per heavy atom. The van der Waals surface area contributed by atoms with Gasteiger partial charge in [0.2, 0.25) is 5.88 Å². The fraction of sp³-hybridized carbons (Fsp3) is 0.0870. The van der Waals surface area contributed by atoms with Gasteiger partial charge in [-0.15, -0.1) is 0 Å². The third kappa shape index (κ3) is 3.19. The second-order valence-corrected chi connectivity index (χ2v) is 7.19. The fourth-order valence-electron chi connectivity index (χ4n) is 3.49. The van der Waals surface area contributed by atoms with Crippen molar-refractivity contribution in [1.29, 1.82) is 0 Å². The summed E-state index contributed by atoms with van der Waals surface area (Å²) < 4.78 is 6.27. The molecule has 5 nitrogen and oxygen atoms in total. The SMILES string of the molecule is C[C@H](Oc1ncnc2[nH]ccc12)c1cc2cccc(Cl)c2nc1-c1ccccc1. The molecule has 5 aromatic rings. The molecular formula is C23H17ClN4O. The maximum Gasteiger partial charge on any atom is 0.226 e. The number of aromatic amines is 1. The first kappa shape index (κ1) is 17.6. The van der Waals surface area contributed by atoms with Crippen molar-refractivity contribution in [2.45, 2.75) is 13.0 Å². The molecule has 0 amide bonds. The Morgan fingerprint density at radius 3 is 2.72 bits per heavy atom. The van der Waals surface area contributed by atoms with Crippen LogP contribution in [0.4, 0.5) is 0 Å². The van der Waals surface area contributed by atoms with E-state index in [1.54, 1.807) is 0 Å². The van der Waals surface area contributed by atoms with Gasteiger partial charge in [-0.2, -0.15) is 0 Å². The Morgan fingerprint density at radius 1 is 1.00 bits per heavy atom. The van der Waals surface area contributed by atoms with Gasteiger partial charge in [0.1, 0.15) is 18.1 Å². The maximum absolute atomic E-state index is 6.42. The van der Waals surface area contributed by atoms with Crippen LogP contribution in [-0.2, 0) is 0 Å². The number of rotatable bonds is 4. The molecule has 29 heavy (non-hydrogen) atoms. The zero-order valence-electron chi connectivity index (χ0n) is 15.6. The Kier molecular flexibility index (Phi) is 4.37. The highest BCUT2D eigenvalue weighted by molar-refractivity contribution is 6.35. The zero-order chi connectivity index (χ0) is 19.8. The van der Waals surface area contributed by atoms with E-state index in [1.165, 1.54) is 6.33 Å². The molecule has 6 heteroatoms. The summed E-state index contributed by atoms with van der Waals surface area (Å²) in [5.41, 5.74) is 4.34. The number of aromatic nitrogens is 4. The van der Waals surface area contributed by atoms with Gasteiger partial charge in [0.15, 0.2) is 0 Å². The lowest BCUT2D eigenvalue weighted by atomic mass is 10.00. The van der Waals surface area contributed by atoms with E-state index >= 15 is 0 Å². The first-order valence-corrected chi connectivity index (χ1v) is 9.68. The molecule has 0 radical (unpaired) electrons. The Labute approximate surface area is 172 Å². The van der Waals surface area contributed by atoms with Gasteiger partial charge in [-0.05, 0) is 25.1 Å². The quantitative estimate of drug-likeness (QED) is 0.404. The van der Waals surface area contributed by atoms with Gasteiger partial charge >= 0.3 is 0 Å². The first-order valence-electron chi connectivity index (χ1n) is 9.30. The number of nitrogens with one attached hydrogen (secondary N) is 1. The predicted molar refractivity (Wildman–Crippen MR) is 115 cm³/mol. The van der Waals surface area contributed by atoms with Gasteiger partial charge in [0, 0.05) is 22.7 Å². The predicted octanol–water partition coefficient (Wildman–Crippen LogP) is 5.97.